The fourth-order valence-corrected chi connectivity index (χ4v) is 7.14. The van der Waals surface area contributed by atoms with E-state index in [-0.39, 0.29) is 16.7 Å². The van der Waals surface area contributed by atoms with Gasteiger partial charge in [-0.05, 0) is 18.6 Å². The first-order valence-corrected chi connectivity index (χ1v) is 12.8. The normalized spacial score (nSPS) is 27.1. The van der Waals surface area contributed by atoms with E-state index in [1.165, 1.54) is 10.5 Å². The highest BCUT2D eigenvalue weighted by atomic mass is 32.2. The molecule has 156 valence electrons. The molecule has 0 saturated carbocycles. The number of rotatable bonds is 4. The molecule has 0 radical (unpaired) electrons. The minimum Gasteiger partial charge on any atom is -0.379 e. The van der Waals surface area contributed by atoms with Crippen molar-refractivity contribution in [2.45, 2.75) is 17.4 Å². The predicted octanol–water partition coefficient (Wildman–Crippen LogP) is -0.588. The maximum Gasteiger partial charge on any atom is 0.244 e. The second kappa shape index (κ2) is 7.86. The van der Waals surface area contributed by atoms with E-state index < -0.39 is 19.9 Å². The summed E-state index contributed by atoms with van der Waals surface area (Å²) in [6, 6.07) is 3.49. The summed E-state index contributed by atoms with van der Waals surface area (Å²) in [7, 11) is -6.41. The van der Waals surface area contributed by atoms with Crippen LogP contribution in [0.1, 0.15) is 6.42 Å². The number of nitrogens with zero attached hydrogens (tertiary/aromatic N) is 4. The molecule has 1 aromatic heterocycles. The monoisotopic (exact) mass is 430 g/mol. The van der Waals surface area contributed by atoms with E-state index in [2.05, 4.69) is 14.8 Å². The van der Waals surface area contributed by atoms with Gasteiger partial charge in [-0.3, -0.25) is 4.90 Å². The van der Waals surface area contributed by atoms with Gasteiger partial charge < -0.3 is 9.64 Å². The second-order valence-corrected chi connectivity index (χ2v) is 11.6. The number of pyridine rings is 1. The molecule has 0 unspecified atom stereocenters. The van der Waals surface area contributed by atoms with E-state index in [9.17, 15) is 16.8 Å². The highest BCUT2D eigenvalue weighted by Crippen LogP contribution is 2.23. The van der Waals surface area contributed by atoms with Gasteiger partial charge in [0.05, 0.1) is 24.7 Å². The Bertz CT molecular complexity index is 890. The Morgan fingerprint density at radius 1 is 1.04 bits per heavy atom. The first-order valence-electron chi connectivity index (χ1n) is 9.58. The maximum absolute atomic E-state index is 12.7. The van der Waals surface area contributed by atoms with Crippen LogP contribution in [0.3, 0.4) is 0 Å². The number of ether oxygens (including phenoxy) is 1. The number of sulfone groups is 1. The molecule has 0 aliphatic carbocycles. The molecule has 0 bridgehead atoms. The van der Waals surface area contributed by atoms with Crippen molar-refractivity contribution < 1.29 is 21.6 Å². The zero-order valence-electron chi connectivity index (χ0n) is 15.7. The predicted molar refractivity (Wildman–Crippen MR) is 105 cm³/mol. The zero-order valence-corrected chi connectivity index (χ0v) is 17.4. The van der Waals surface area contributed by atoms with Gasteiger partial charge in [-0.25, -0.2) is 21.8 Å². The minimum atomic E-state index is -3.53. The SMILES string of the molecule is O=S1(=O)CC[C@H](N2CCN(c3ccc(S(=O)(=O)N4CCOCC4)cn3)CC2)C1. The Labute approximate surface area is 166 Å². The minimum absolute atomic E-state index is 0.126. The van der Waals surface area contributed by atoms with Crippen molar-refractivity contribution in [3.05, 3.63) is 18.3 Å². The molecule has 0 aromatic carbocycles. The van der Waals surface area contributed by atoms with Crippen LogP contribution in [0.2, 0.25) is 0 Å². The fraction of sp³-hybridized carbons (Fsp3) is 0.706. The lowest BCUT2D eigenvalue weighted by atomic mass is 10.2. The van der Waals surface area contributed by atoms with Crippen LogP contribution in [0.5, 0.6) is 0 Å². The molecular formula is C17H26N4O5S2. The third kappa shape index (κ3) is 4.18. The van der Waals surface area contributed by atoms with Crippen LogP contribution in [-0.2, 0) is 24.6 Å². The average molecular weight is 431 g/mol. The highest BCUT2D eigenvalue weighted by molar-refractivity contribution is 7.91. The molecule has 4 rings (SSSR count). The molecular weight excluding hydrogens is 404 g/mol. The molecule has 3 aliphatic heterocycles. The molecule has 28 heavy (non-hydrogen) atoms. The summed E-state index contributed by atoms with van der Waals surface area (Å²) in [6.07, 6.45) is 2.14. The van der Waals surface area contributed by atoms with Gasteiger partial charge in [-0.15, -0.1) is 0 Å². The van der Waals surface area contributed by atoms with Crippen LogP contribution < -0.4 is 4.90 Å². The van der Waals surface area contributed by atoms with Crippen molar-refractivity contribution in [3.63, 3.8) is 0 Å². The standard InChI is InChI=1S/C17H26N4O5S2/c22-27(23)12-3-15(14-27)19-4-6-20(7-5-19)17-2-1-16(13-18-17)28(24,25)21-8-10-26-11-9-21/h1-2,13,15H,3-12,14H2/t15-/m0/s1. The van der Waals surface area contributed by atoms with Gasteiger partial charge in [0.15, 0.2) is 9.84 Å². The Morgan fingerprint density at radius 2 is 1.75 bits per heavy atom. The van der Waals surface area contributed by atoms with Crippen LogP contribution in [-0.4, -0.2) is 101 Å². The lowest BCUT2D eigenvalue weighted by molar-refractivity contribution is 0.0730. The third-order valence-electron chi connectivity index (χ3n) is 5.69. The molecule has 3 aliphatic rings. The first kappa shape index (κ1) is 20.0. The lowest BCUT2D eigenvalue weighted by Gasteiger charge is -2.38. The average Bonchev–Trinajstić information content (AvgIpc) is 3.09. The quantitative estimate of drug-likeness (QED) is 0.625. The number of sulfonamides is 1. The van der Waals surface area contributed by atoms with E-state index in [0.29, 0.717) is 38.5 Å². The number of aromatic nitrogens is 1. The Hall–Kier alpha value is -1.27. The summed E-state index contributed by atoms with van der Waals surface area (Å²) in [5.74, 6) is 1.30. The highest BCUT2D eigenvalue weighted by Gasteiger charge is 2.34. The number of hydrogen-bond donors (Lipinski definition) is 0. The number of piperazine rings is 1. The second-order valence-electron chi connectivity index (χ2n) is 7.45. The fourth-order valence-electron chi connectivity index (χ4n) is 4.03. The molecule has 0 N–H and O–H groups in total. The van der Waals surface area contributed by atoms with Crippen LogP contribution in [0.25, 0.3) is 0 Å². The maximum atomic E-state index is 12.7. The topological polar surface area (TPSA) is 100 Å². The van der Waals surface area contributed by atoms with Gasteiger partial charge in [-0.1, -0.05) is 0 Å². The van der Waals surface area contributed by atoms with Crippen LogP contribution in [0, 0.1) is 0 Å². The van der Waals surface area contributed by atoms with Crippen molar-refractivity contribution in [3.8, 4) is 0 Å². The van der Waals surface area contributed by atoms with Gasteiger partial charge in [-0.2, -0.15) is 4.31 Å². The van der Waals surface area contributed by atoms with Crippen molar-refractivity contribution in [2.75, 3.05) is 68.9 Å². The van der Waals surface area contributed by atoms with Crippen molar-refractivity contribution in [2.24, 2.45) is 0 Å². The van der Waals surface area contributed by atoms with Gasteiger partial charge in [0.1, 0.15) is 10.7 Å². The van der Waals surface area contributed by atoms with Crippen molar-refractivity contribution in [1.82, 2.24) is 14.2 Å². The van der Waals surface area contributed by atoms with Crippen molar-refractivity contribution >= 4 is 25.7 Å². The van der Waals surface area contributed by atoms with Crippen LogP contribution in [0.15, 0.2) is 23.2 Å². The number of anilines is 1. The summed E-state index contributed by atoms with van der Waals surface area (Å²) in [4.78, 5) is 8.95. The largest absolute Gasteiger partial charge is 0.379 e. The van der Waals surface area contributed by atoms with Crippen LogP contribution in [0.4, 0.5) is 5.82 Å². The number of morpholine rings is 1. The third-order valence-corrected chi connectivity index (χ3v) is 9.32. The summed E-state index contributed by atoms with van der Waals surface area (Å²) in [6.45, 7) is 4.63. The molecule has 11 heteroatoms. The van der Waals surface area contributed by atoms with Gasteiger partial charge >= 0.3 is 0 Å². The summed E-state index contributed by atoms with van der Waals surface area (Å²) < 4.78 is 55.4. The molecule has 3 fully saturated rings. The molecule has 1 atom stereocenters. The van der Waals surface area contributed by atoms with E-state index in [4.69, 9.17) is 4.74 Å². The molecule has 4 heterocycles. The van der Waals surface area contributed by atoms with Crippen LogP contribution >= 0.6 is 0 Å². The summed E-state index contributed by atoms with van der Waals surface area (Å²) in [5, 5.41) is 0. The lowest BCUT2D eigenvalue weighted by Crippen LogP contribution is -2.51. The summed E-state index contributed by atoms with van der Waals surface area (Å²) >= 11 is 0. The number of hydrogen-bond acceptors (Lipinski definition) is 8. The van der Waals surface area contributed by atoms with E-state index in [1.54, 1.807) is 12.1 Å². The molecule has 1 aromatic rings. The Morgan fingerprint density at radius 3 is 2.32 bits per heavy atom. The zero-order chi connectivity index (χ0) is 19.8. The smallest absolute Gasteiger partial charge is 0.244 e. The van der Waals surface area contributed by atoms with E-state index in [1.807, 2.05) is 0 Å². The van der Waals surface area contributed by atoms with E-state index in [0.717, 1.165) is 32.0 Å². The molecule has 9 nitrogen and oxygen atoms in total. The molecule has 3 saturated heterocycles. The van der Waals surface area contributed by atoms with Gasteiger partial charge in [0.2, 0.25) is 10.0 Å². The first-order chi connectivity index (χ1) is 13.4. The molecule has 0 spiro atoms. The van der Waals surface area contributed by atoms with E-state index >= 15 is 0 Å². The summed E-state index contributed by atoms with van der Waals surface area (Å²) in [5.41, 5.74) is 0. The molecule has 0 amide bonds. The van der Waals surface area contributed by atoms with Crippen molar-refractivity contribution in [1.29, 1.82) is 0 Å². The Kier molecular flexibility index (Phi) is 5.62. The van der Waals surface area contributed by atoms with Gasteiger partial charge in [0, 0.05) is 51.5 Å². The Balaban J connectivity index is 1.37. The van der Waals surface area contributed by atoms with Gasteiger partial charge in [0.25, 0.3) is 0 Å².